The number of nitrogens with zero attached hydrogens (tertiary/aromatic N) is 2. The van der Waals surface area contributed by atoms with E-state index in [1.54, 1.807) is 7.11 Å². The van der Waals surface area contributed by atoms with Crippen LogP contribution in [0.4, 0.5) is 5.95 Å². The predicted octanol–water partition coefficient (Wildman–Crippen LogP) is 3.25. The van der Waals surface area contributed by atoms with Crippen molar-refractivity contribution in [2.45, 2.75) is 26.3 Å². The molecule has 2 aromatic rings. The smallest absolute Gasteiger partial charge is 0.203 e. The van der Waals surface area contributed by atoms with Crippen LogP contribution in [-0.2, 0) is 4.74 Å². The molecule has 2 rings (SSSR count). The minimum Gasteiger partial charge on any atom is -0.385 e. The molecule has 4 heteroatoms. The normalized spacial score (nSPS) is 12.3. The van der Waals surface area contributed by atoms with Crippen molar-refractivity contribution in [3.8, 4) is 0 Å². The standard InChI is InChI=1S/C16H23N3O/c1-13-5-7-15(8-6-13)14(2)19-11-10-18-16(19)17-9-4-12-20-3/h5-8,10-11,14H,4,9,12H2,1-3H3,(H,17,18). The minimum absolute atomic E-state index is 0.267. The van der Waals surface area contributed by atoms with Gasteiger partial charge in [0.2, 0.25) is 5.95 Å². The topological polar surface area (TPSA) is 39.1 Å². The van der Waals surface area contributed by atoms with E-state index >= 15 is 0 Å². The first-order valence-electron chi connectivity index (χ1n) is 7.04. The summed E-state index contributed by atoms with van der Waals surface area (Å²) in [6, 6.07) is 8.91. The van der Waals surface area contributed by atoms with Gasteiger partial charge in [0.15, 0.2) is 0 Å². The summed E-state index contributed by atoms with van der Waals surface area (Å²) in [7, 11) is 1.72. The summed E-state index contributed by atoms with van der Waals surface area (Å²) in [6.45, 7) is 5.92. The quantitative estimate of drug-likeness (QED) is 0.787. The van der Waals surface area contributed by atoms with Crippen LogP contribution >= 0.6 is 0 Å². The van der Waals surface area contributed by atoms with Crippen LogP contribution in [0.1, 0.15) is 30.5 Å². The monoisotopic (exact) mass is 273 g/mol. The van der Waals surface area contributed by atoms with Crippen LogP contribution in [0.25, 0.3) is 0 Å². The second-order valence-corrected chi connectivity index (χ2v) is 5.02. The van der Waals surface area contributed by atoms with Gasteiger partial charge in [-0.05, 0) is 25.8 Å². The molecule has 0 radical (unpaired) electrons. The second kappa shape index (κ2) is 7.10. The van der Waals surface area contributed by atoms with Crippen LogP contribution in [0, 0.1) is 6.92 Å². The lowest BCUT2D eigenvalue weighted by Gasteiger charge is -2.17. The number of methoxy groups -OCH3 is 1. The third-order valence-corrected chi connectivity index (χ3v) is 3.45. The molecule has 0 bridgehead atoms. The van der Waals surface area contributed by atoms with E-state index in [4.69, 9.17) is 4.74 Å². The number of rotatable bonds is 7. The summed E-state index contributed by atoms with van der Waals surface area (Å²) >= 11 is 0. The van der Waals surface area contributed by atoms with Gasteiger partial charge in [-0.1, -0.05) is 29.8 Å². The zero-order valence-electron chi connectivity index (χ0n) is 12.5. The molecule has 1 atom stereocenters. The van der Waals surface area contributed by atoms with E-state index in [1.165, 1.54) is 11.1 Å². The SMILES string of the molecule is COCCCNc1nccn1C(C)c1ccc(C)cc1. The molecule has 1 aromatic heterocycles. The minimum atomic E-state index is 0.267. The van der Waals surface area contributed by atoms with Crippen molar-refractivity contribution < 1.29 is 4.74 Å². The summed E-state index contributed by atoms with van der Waals surface area (Å²) in [5, 5.41) is 3.36. The van der Waals surface area contributed by atoms with Crippen molar-refractivity contribution in [2.75, 3.05) is 25.6 Å². The van der Waals surface area contributed by atoms with Gasteiger partial charge in [0.1, 0.15) is 0 Å². The zero-order valence-corrected chi connectivity index (χ0v) is 12.5. The summed E-state index contributed by atoms with van der Waals surface area (Å²) in [5.41, 5.74) is 2.57. The highest BCUT2D eigenvalue weighted by atomic mass is 16.5. The number of aryl methyl sites for hydroxylation is 1. The van der Waals surface area contributed by atoms with Gasteiger partial charge < -0.3 is 14.6 Å². The molecule has 0 aliphatic rings. The van der Waals surface area contributed by atoms with Crippen LogP contribution in [0.3, 0.4) is 0 Å². The molecular weight excluding hydrogens is 250 g/mol. The Labute approximate surface area is 120 Å². The molecule has 20 heavy (non-hydrogen) atoms. The third kappa shape index (κ3) is 3.61. The largest absolute Gasteiger partial charge is 0.385 e. The van der Waals surface area contributed by atoms with Crippen molar-refractivity contribution in [3.05, 3.63) is 47.8 Å². The zero-order chi connectivity index (χ0) is 14.4. The molecule has 0 spiro atoms. The number of anilines is 1. The van der Waals surface area contributed by atoms with Crippen LogP contribution in [0.15, 0.2) is 36.7 Å². The highest BCUT2D eigenvalue weighted by molar-refractivity contribution is 5.31. The van der Waals surface area contributed by atoms with Crippen molar-refractivity contribution in [1.82, 2.24) is 9.55 Å². The molecule has 1 unspecified atom stereocenters. The first-order chi connectivity index (χ1) is 9.72. The lowest BCUT2D eigenvalue weighted by Crippen LogP contribution is -2.13. The van der Waals surface area contributed by atoms with E-state index in [9.17, 15) is 0 Å². The van der Waals surface area contributed by atoms with Crippen molar-refractivity contribution in [3.63, 3.8) is 0 Å². The van der Waals surface area contributed by atoms with Gasteiger partial charge >= 0.3 is 0 Å². The van der Waals surface area contributed by atoms with Crippen LogP contribution in [-0.4, -0.2) is 29.8 Å². The first kappa shape index (κ1) is 14.6. The van der Waals surface area contributed by atoms with Crippen LogP contribution in [0.5, 0.6) is 0 Å². The Morgan fingerprint density at radius 3 is 2.75 bits per heavy atom. The van der Waals surface area contributed by atoms with Crippen molar-refractivity contribution in [1.29, 1.82) is 0 Å². The van der Waals surface area contributed by atoms with Crippen molar-refractivity contribution >= 4 is 5.95 Å². The van der Waals surface area contributed by atoms with Gasteiger partial charge in [0.25, 0.3) is 0 Å². The van der Waals surface area contributed by atoms with Gasteiger partial charge in [0.05, 0.1) is 6.04 Å². The maximum atomic E-state index is 5.05. The number of hydrogen-bond donors (Lipinski definition) is 1. The van der Waals surface area contributed by atoms with E-state index in [2.05, 4.69) is 53.0 Å². The molecule has 0 saturated heterocycles. The molecule has 1 N–H and O–H groups in total. The van der Waals surface area contributed by atoms with Gasteiger partial charge in [-0.15, -0.1) is 0 Å². The van der Waals surface area contributed by atoms with Gasteiger partial charge in [-0.2, -0.15) is 0 Å². The average Bonchev–Trinajstić information content (AvgIpc) is 2.92. The molecule has 4 nitrogen and oxygen atoms in total. The average molecular weight is 273 g/mol. The molecule has 1 heterocycles. The van der Waals surface area contributed by atoms with Gasteiger partial charge in [-0.3, -0.25) is 0 Å². The predicted molar refractivity (Wildman–Crippen MR) is 82.2 cm³/mol. The fourth-order valence-electron chi connectivity index (χ4n) is 2.18. The van der Waals surface area contributed by atoms with Crippen LogP contribution in [0.2, 0.25) is 0 Å². The van der Waals surface area contributed by atoms with E-state index in [1.807, 2.05) is 12.4 Å². The maximum Gasteiger partial charge on any atom is 0.203 e. The fourth-order valence-corrected chi connectivity index (χ4v) is 2.18. The summed E-state index contributed by atoms with van der Waals surface area (Å²) in [6.07, 6.45) is 4.83. The van der Waals surface area contributed by atoms with Crippen LogP contribution < -0.4 is 5.32 Å². The molecule has 108 valence electrons. The Kier molecular flexibility index (Phi) is 5.18. The first-order valence-corrected chi connectivity index (χ1v) is 7.04. The Morgan fingerprint density at radius 2 is 2.05 bits per heavy atom. The van der Waals surface area contributed by atoms with Gasteiger partial charge in [-0.25, -0.2) is 4.98 Å². The highest BCUT2D eigenvalue weighted by Gasteiger charge is 2.11. The molecule has 0 saturated carbocycles. The number of nitrogens with one attached hydrogen (secondary N) is 1. The van der Waals surface area contributed by atoms with E-state index in [0.29, 0.717) is 0 Å². The van der Waals surface area contributed by atoms with E-state index in [0.717, 1.165) is 25.5 Å². The Bertz CT molecular complexity index is 519. The molecule has 1 aromatic carbocycles. The molecule has 0 amide bonds. The molecular formula is C16H23N3O. The lowest BCUT2D eigenvalue weighted by molar-refractivity contribution is 0.197. The highest BCUT2D eigenvalue weighted by Crippen LogP contribution is 2.21. The fraction of sp³-hybridized carbons (Fsp3) is 0.438. The molecule has 0 aliphatic carbocycles. The Morgan fingerprint density at radius 1 is 1.30 bits per heavy atom. The number of imidazole rings is 1. The second-order valence-electron chi connectivity index (χ2n) is 5.02. The van der Waals surface area contributed by atoms with Crippen molar-refractivity contribution in [2.24, 2.45) is 0 Å². The number of hydrogen-bond acceptors (Lipinski definition) is 3. The lowest BCUT2D eigenvalue weighted by atomic mass is 10.1. The van der Waals surface area contributed by atoms with E-state index in [-0.39, 0.29) is 6.04 Å². The molecule has 0 aliphatic heterocycles. The summed E-state index contributed by atoms with van der Waals surface area (Å²) in [5.74, 6) is 0.911. The third-order valence-electron chi connectivity index (χ3n) is 3.45. The number of benzene rings is 1. The summed E-state index contributed by atoms with van der Waals surface area (Å²) < 4.78 is 7.22. The van der Waals surface area contributed by atoms with Gasteiger partial charge in [0, 0.05) is 32.7 Å². The van der Waals surface area contributed by atoms with E-state index < -0.39 is 0 Å². The number of ether oxygens (including phenoxy) is 1. The number of aromatic nitrogens is 2. The molecule has 0 fully saturated rings. The summed E-state index contributed by atoms with van der Waals surface area (Å²) in [4.78, 5) is 4.39. The Balaban J connectivity index is 2.04. The Hall–Kier alpha value is -1.81. The maximum absolute atomic E-state index is 5.05.